The second kappa shape index (κ2) is 23.9. The van der Waals surface area contributed by atoms with Crippen LogP contribution in [0, 0.1) is 0 Å². The normalized spacial score (nSPS) is 27.5. The Morgan fingerprint density at radius 3 is 1.61 bits per heavy atom. The van der Waals surface area contributed by atoms with Gasteiger partial charge < -0.3 is 42.0 Å². The van der Waals surface area contributed by atoms with Gasteiger partial charge in [0.25, 0.3) is 0 Å². The molecule has 3 aromatic carbocycles. The van der Waals surface area contributed by atoms with Crippen LogP contribution in [-0.2, 0) is 65.2 Å². The van der Waals surface area contributed by atoms with E-state index in [0.717, 1.165) is 47.4 Å². The Labute approximate surface area is 387 Å². The lowest BCUT2D eigenvalue weighted by Gasteiger charge is -2.51. The minimum Gasteiger partial charge on any atom is -0.424 e. The van der Waals surface area contributed by atoms with Crippen molar-refractivity contribution in [2.45, 2.75) is 163 Å². The number of ether oxygens (including phenoxy) is 7. The predicted octanol–water partition coefficient (Wildman–Crippen LogP) is 9.04. The molecule has 0 unspecified atom stereocenters. The van der Waals surface area contributed by atoms with E-state index in [1.807, 2.05) is 67.6 Å². The molecular formula is C47H69NO12S2Si2. The second-order valence-corrected chi connectivity index (χ2v) is 29.2. The third-order valence-electron chi connectivity index (χ3n) is 13.1. The van der Waals surface area contributed by atoms with Gasteiger partial charge in [-0.1, -0.05) is 127 Å². The number of carbonyl (C=O) groups excluding carboxylic acids is 1. The lowest BCUT2D eigenvalue weighted by atomic mass is 9.96. The van der Waals surface area contributed by atoms with Gasteiger partial charge in [-0.2, -0.15) is 0 Å². The Morgan fingerprint density at radius 1 is 0.609 bits per heavy atom. The number of rotatable bonds is 25. The van der Waals surface area contributed by atoms with Gasteiger partial charge in [-0.3, -0.25) is 0 Å². The zero-order chi connectivity index (χ0) is 45.7. The zero-order valence-corrected chi connectivity index (χ0v) is 42.1. The van der Waals surface area contributed by atoms with Gasteiger partial charge in [-0.05, 0) is 65.3 Å². The van der Waals surface area contributed by atoms with Crippen molar-refractivity contribution in [2.24, 2.45) is 0 Å². The van der Waals surface area contributed by atoms with Crippen molar-refractivity contribution in [2.75, 3.05) is 19.0 Å². The van der Waals surface area contributed by atoms with Crippen LogP contribution in [0.2, 0.25) is 36.3 Å². The van der Waals surface area contributed by atoms with Crippen LogP contribution in [-0.4, -0.2) is 111 Å². The standard InChI is InChI=1S/C47H69NO12S2Si2/c1-8-61-46-39(48-62(50,51)36-28-22-17-23-29-36)42(59-63(9-2,10-3)11-4)40(38(55-46)33-53-31-35-26-20-16-21-27-35)56-45-44(60-64(12-5,13-6)14-7)43-41(57-47(49)58-43)37(54-45)32-52-30-34-24-18-15-19-25-34/h15-29,37-46,48H,8-14,30-33H2,1-7H3/t37-,38-,39-,40-,41+,42+,43+,44-,45+,46+/m1/s1. The van der Waals surface area contributed by atoms with Gasteiger partial charge in [0, 0.05) is 0 Å². The summed E-state index contributed by atoms with van der Waals surface area (Å²) >= 11 is 1.50. The van der Waals surface area contributed by atoms with E-state index in [9.17, 15) is 13.2 Å². The lowest BCUT2D eigenvalue weighted by molar-refractivity contribution is -0.319. The van der Waals surface area contributed by atoms with Crippen LogP contribution >= 0.6 is 11.8 Å². The summed E-state index contributed by atoms with van der Waals surface area (Å²) in [5.41, 5.74) is 1.29. The topological polar surface area (TPSA) is 146 Å². The summed E-state index contributed by atoms with van der Waals surface area (Å²) in [4.78, 5) is 13.2. The summed E-state index contributed by atoms with van der Waals surface area (Å²) in [6.45, 7) is 15.6. The maximum atomic E-state index is 14.4. The third-order valence-corrected chi connectivity index (χ3v) is 24.9. The number of fused-ring (bicyclic) bond motifs is 1. The fourth-order valence-electron chi connectivity index (χ4n) is 8.86. The number of thioether (sulfide) groups is 1. The highest BCUT2D eigenvalue weighted by Crippen LogP contribution is 2.41. The smallest absolute Gasteiger partial charge is 0.424 e. The first-order valence-corrected chi connectivity index (χ1v) is 30.7. The quantitative estimate of drug-likeness (QED) is 0.0637. The maximum absolute atomic E-state index is 14.4. The molecule has 0 aliphatic carbocycles. The molecule has 354 valence electrons. The fourth-order valence-corrected chi connectivity index (χ4v) is 16.9. The average molecular weight is 960 g/mol. The first kappa shape index (κ1) is 50.7. The van der Waals surface area contributed by atoms with Gasteiger partial charge in [0.05, 0.1) is 43.5 Å². The lowest BCUT2D eigenvalue weighted by Crippen LogP contribution is -2.69. The molecule has 3 aliphatic rings. The van der Waals surface area contributed by atoms with E-state index in [1.165, 1.54) is 11.8 Å². The Balaban J connectivity index is 1.45. The maximum Gasteiger partial charge on any atom is 0.509 e. The minimum absolute atomic E-state index is 0.0636. The summed E-state index contributed by atoms with van der Waals surface area (Å²) in [5.74, 6) is 0.639. The van der Waals surface area contributed by atoms with Gasteiger partial charge in [-0.25, -0.2) is 17.9 Å². The average Bonchev–Trinajstić information content (AvgIpc) is 3.72. The summed E-state index contributed by atoms with van der Waals surface area (Å²) in [6.07, 6.45) is -7.94. The van der Waals surface area contributed by atoms with E-state index < -0.39 is 93.3 Å². The summed E-state index contributed by atoms with van der Waals surface area (Å²) < 4.78 is 92.4. The SMILES string of the molecule is CCS[C@@H]1O[C@H](COCc2ccccc2)[C@@H](O[C@@H]2O[C@H](COCc3ccccc3)[C@@H]3OC(=O)O[C@@H]3[C@H]2O[Si](CC)(CC)CC)[C@@H](O[Si](CC)(CC)CC)[C@H]1NS(=O)(=O)c1ccccc1. The van der Waals surface area contributed by atoms with E-state index in [1.54, 1.807) is 30.3 Å². The van der Waals surface area contributed by atoms with E-state index in [2.05, 4.69) is 46.3 Å². The zero-order valence-electron chi connectivity index (χ0n) is 38.4. The molecule has 3 aliphatic heterocycles. The van der Waals surface area contributed by atoms with E-state index in [-0.39, 0.29) is 18.1 Å². The van der Waals surface area contributed by atoms with E-state index >= 15 is 0 Å². The monoisotopic (exact) mass is 959 g/mol. The predicted molar refractivity (Wildman–Crippen MR) is 252 cm³/mol. The summed E-state index contributed by atoms with van der Waals surface area (Å²) in [6, 6.07) is 31.9. The second-order valence-electron chi connectivity index (χ2n) is 16.7. The molecule has 3 fully saturated rings. The van der Waals surface area contributed by atoms with Crippen LogP contribution < -0.4 is 4.72 Å². The van der Waals surface area contributed by atoms with Crippen LogP contribution in [0.5, 0.6) is 0 Å². The van der Waals surface area contributed by atoms with E-state index in [4.69, 9.17) is 42.0 Å². The van der Waals surface area contributed by atoms with Gasteiger partial charge in [0.2, 0.25) is 10.0 Å². The van der Waals surface area contributed by atoms with Crippen LogP contribution in [0.4, 0.5) is 4.79 Å². The summed E-state index contributed by atoms with van der Waals surface area (Å²) in [7, 11) is -9.08. The van der Waals surface area contributed by atoms with Crippen molar-refractivity contribution in [3.63, 3.8) is 0 Å². The molecule has 0 saturated carbocycles. The van der Waals surface area contributed by atoms with Crippen molar-refractivity contribution in [3.8, 4) is 0 Å². The number of sulfonamides is 1. The molecule has 0 aromatic heterocycles. The number of carbonyl (C=O) groups is 1. The van der Waals surface area contributed by atoms with Crippen LogP contribution in [0.15, 0.2) is 95.9 Å². The minimum atomic E-state index is -4.09. The molecule has 13 nitrogen and oxygen atoms in total. The summed E-state index contributed by atoms with van der Waals surface area (Å²) in [5, 5.41) is 0. The molecule has 17 heteroatoms. The first-order chi connectivity index (χ1) is 31.0. The van der Waals surface area contributed by atoms with Crippen molar-refractivity contribution in [1.29, 1.82) is 0 Å². The molecule has 64 heavy (non-hydrogen) atoms. The Bertz CT molecular complexity index is 1950. The molecule has 3 heterocycles. The highest BCUT2D eigenvalue weighted by molar-refractivity contribution is 7.99. The highest BCUT2D eigenvalue weighted by atomic mass is 32.2. The Kier molecular flexibility index (Phi) is 18.9. The number of hydrogen-bond donors (Lipinski definition) is 1. The molecule has 1 N–H and O–H groups in total. The van der Waals surface area contributed by atoms with Crippen molar-refractivity contribution in [3.05, 3.63) is 102 Å². The number of benzene rings is 3. The van der Waals surface area contributed by atoms with Crippen molar-refractivity contribution >= 4 is 44.6 Å². The van der Waals surface area contributed by atoms with Gasteiger partial charge in [0.1, 0.15) is 29.9 Å². The molecular weight excluding hydrogens is 891 g/mol. The molecule has 0 bridgehead atoms. The van der Waals surface area contributed by atoms with Gasteiger partial charge >= 0.3 is 6.16 Å². The van der Waals surface area contributed by atoms with Crippen LogP contribution in [0.1, 0.15) is 59.6 Å². The van der Waals surface area contributed by atoms with Crippen molar-refractivity contribution < 1.29 is 55.2 Å². The molecule has 0 amide bonds. The molecule has 3 aromatic rings. The first-order valence-electron chi connectivity index (χ1n) is 23.1. The Morgan fingerprint density at radius 2 is 1.09 bits per heavy atom. The third kappa shape index (κ3) is 12.5. The van der Waals surface area contributed by atoms with Crippen molar-refractivity contribution in [1.82, 2.24) is 4.72 Å². The molecule has 0 radical (unpaired) electrons. The van der Waals surface area contributed by atoms with Crippen LogP contribution in [0.25, 0.3) is 0 Å². The largest absolute Gasteiger partial charge is 0.509 e. The molecule has 0 spiro atoms. The number of nitrogens with one attached hydrogen (secondary N) is 1. The van der Waals surface area contributed by atoms with Crippen LogP contribution in [0.3, 0.4) is 0 Å². The number of hydrogen-bond acceptors (Lipinski definition) is 13. The van der Waals surface area contributed by atoms with Gasteiger partial charge in [0.15, 0.2) is 35.1 Å². The fraction of sp³-hybridized carbons (Fsp3) is 0.596. The molecule has 3 saturated heterocycles. The molecule has 10 atom stereocenters. The molecule has 6 rings (SSSR count). The Hall–Kier alpha value is -2.66. The highest BCUT2D eigenvalue weighted by Gasteiger charge is 2.59. The van der Waals surface area contributed by atoms with E-state index in [0.29, 0.717) is 19.0 Å². The van der Waals surface area contributed by atoms with Gasteiger partial charge in [-0.15, -0.1) is 11.8 Å².